The van der Waals surface area contributed by atoms with Gasteiger partial charge in [-0.3, -0.25) is 9.80 Å². The van der Waals surface area contributed by atoms with Gasteiger partial charge >= 0.3 is 0 Å². The molecule has 2 aliphatic heterocycles. The highest BCUT2D eigenvalue weighted by atomic mass is 31.1. The van der Waals surface area contributed by atoms with Crippen LogP contribution in [0.5, 0.6) is 0 Å². The monoisotopic (exact) mass is 384 g/mol. The maximum Gasteiger partial charge on any atom is 0.125 e. The number of hydrogen-bond acceptors (Lipinski definition) is 4. The summed E-state index contributed by atoms with van der Waals surface area (Å²) in [7, 11) is 4.76. The SMILES string of the molecule is C=C(N(C)CN1CCN(C)CC1)N1c2ccccc2Pc2ccc(F)cc21. The minimum Gasteiger partial charge on any atom is -0.348 e. The summed E-state index contributed by atoms with van der Waals surface area (Å²) >= 11 is 0. The Labute approximate surface area is 162 Å². The first kappa shape index (κ1) is 18.4. The summed E-state index contributed by atoms with van der Waals surface area (Å²) in [6.45, 7) is 9.48. The maximum absolute atomic E-state index is 14.0. The third kappa shape index (κ3) is 3.73. The van der Waals surface area contributed by atoms with Crippen LogP contribution in [0.25, 0.3) is 0 Å². The Morgan fingerprint density at radius 2 is 1.78 bits per heavy atom. The van der Waals surface area contributed by atoms with Gasteiger partial charge in [-0.05, 0) is 31.3 Å². The number of halogens is 1. The van der Waals surface area contributed by atoms with E-state index in [0.717, 1.165) is 55.3 Å². The fourth-order valence-corrected chi connectivity index (χ4v) is 4.94. The molecule has 0 bridgehead atoms. The van der Waals surface area contributed by atoms with Crippen molar-refractivity contribution >= 4 is 30.6 Å². The Morgan fingerprint density at radius 1 is 1.07 bits per heavy atom. The van der Waals surface area contributed by atoms with Crippen molar-refractivity contribution in [3.05, 3.63) is 60.7 Å². The van der Waals surface area contributed by atoms with Crippen LogP contribution in [0.1, 0.15) is 0 Å². The van der Waals surface area contributed by atoms with Crippen molar-refractivity contribution < 1.29 is 4.39 Å². The predicted molar refractivity (Wildman–Crippen MR) is 113 cm³/mol. The van der Waals surface area contributed by atoms with Crippen molar-refractivity contribution in [2.75, 3.05) is 51.8 Å². The fourth-order valence-electron chi connectivity index (χ4n) is 3.66. The smallest absolute Gasteiger partial charge is 0.125 e. The molecular weight excluding hydrogens is 358 g/mol. The first-order valence-electron chi connectivity index (χ1n) is 9.29. The minimum absolute atomic E-state index is 0.211. The molecule has 27 heavy (non-hydrogen) atoms. The van der Waals surface area contributed by atoms with Crippen LogP contribution in [0.15, 0.2) is 54.9 Å². The largest absolute Gasteiger partial charge is 0.348 e. The van der Waals surface area contributed by atoms with Crippen LogP contribution in [0.3, 0.4) is 0 Å². The third-order valence-corrected chi connectivity index (χ3v) is 6.71. The van der Waals surface area contributed by atoms with Crippen molar-refractivity contribution in [2.45, 2.75) is 0 Å². The molecule has 0 N–H and O–H groups in total. The van der Waals surface area contributed by atoms with Crippen LogP contribution in [-0.2, 0) is 0 Å². The van der Waals surface area contributed by atoms with E-state index in [4.69, 9.17) is 0 Å². The molecule has 0 radical (unpaired) electrons. The summed E-state index contributed by atoms with van der Waals surface area (Å²) in [5.41, 5.74) is 2.01. The lowest BCUT2D eigenvalue weighted by molar-refractivity contribution is 0.110. The predicted octanol–water partition coefficient (Wildman–Crippen LogP) is 2.51. The molecule has 142 valence electrons. The van der Waals surface area contributed by atoms with Crippen LogP contribution in [0.2, 0.25) is 0 Å². The highest BCUT2D eigenvalue weighted by Gasteiger charge is 2.27. The standard InChI is InChI=1S/C21H26FN4P/c1-16(24(3)15-25-12-10-23(2)11-13-25)26-18-6-4-5-7-20(18)27-21-9-8-17(22)14-19(21)26/h4-9,14,27H,1,10-13,15H2,2-3H3. The number of hydrogen-bond donors (Lipinski definition) is 0. The Hall–Kier alpha value is -1.94. The second-order valence-electron chi connectivity index (χ2n) is 7.32. The third-order valence-electron chi connectivity index (χ3n) is 5.32. The van der Waals surface area contributed by atoms with E-state index in [9.17, 15) is 4.39 Å². The number of benzene rings is 2. The summed E-state index contributed by atoms with van der Waals surface area (Å²) in [5, 5.41) is 2.43. The lowest BCUT2D eigenvalue weighted by Gasteiger charge is -2.41. The number of anilines is 2. The molecule has 1 fully saturated rings. The van der Waals surface area contributed by atoms with Gasteiger partial charge in [-0.25, -0.2) is 4.39 Å². The molecule has 0 spiro atoms. The molecule has 6 heteroatoms. The van der Waals surface area contributed by atoms with Gasteiger partial charge < -0.3 is 9.80 Å². The molecular formula is C21H26FN4P. The first-order valence-corrected chi connectivity index (χ1v) is 10.3. The fraction of sp³-hybridized carbons (Fsp3) is 0.333. The van der Waals surface area contributed by atoms with Crippen LogP contribution in [0.4, 0.5) is 15.8 Å². The van der Waals surface area contributed by atoms with Crippen molar-refractivity contribution in [3.63, 3.8) is 0 Å². The number of likely N-dealkylation sites (N-methyl/N-ethyl adjacent to an activating group) is 1. The van der Waals surface area contributed by atoms with E-state index >= 15 is 0 Å². The van der Waals surface area contributed by atoms with Crippen LogP contribution in [-0.4, -0.2) is 61.6 Å². The quantitative estimate of drug-likeness (QED) is 0.751. The van der Waals surface area contributed by atoms with Gasteiger partial charge in [0.25, 0.3) is 0 Å². The summed E-state index contributed by atoms with van der Waals surface area (Å²) in [6, 6.07) is 13.4. The second-order valence-corrected chi connectivity index (χ2v) is 8.64. The lowest BCUT2D eigenvalue weighted by Crippen LogP contribution is -2.49. The van der Waals surface area contributed by atoms with Gasteiger partial charge in [0.15, 0.2) is 0 Å². The van der Waals surface area contributed by atoms with Gasteiger partial charge in [-0.2, -0.15) is 0 Å². The van der Waals surface area contributed by atoms with E-state index in [1.807, 2.05) is 12.1 Å². The molecule has 0 saturated carbocycles. The summed E-state index contributed by atoms with van der Waals surface area (Å²) < 4.78 is 14.0. The molecule has 1 saturated heterocycles. The maximum atomic E-state index is 14.0. The first-order chi connectivity index (χ1) is 13.0. The van der Waals surface area contributed by atoms with Gasteiger partial charge in [0.1, 0.15) is 11.6 Å². The van der Waals surface area contributed by atoms with Gasteiger partial charge in [-0.15, -0.1) is 0 Å². The summed E-state index contributed by atoms with van der Waals surface area (Å²) in [5.74, 6) is 0.662. The van der Waals surface area contributed by atoms with E-state index in [-0.39, 0.29) is 5.82 Å². The number of rotatable bonds is 4. The van der Waals surface area contributed by atoms with Crippen molar-refractivity contribution in [1.29, 1.82) is 0 Å². The van der Waals surface area contributed by atoms with E-state index in [1.54, 1.807) is 12.1 Å². The molecule has 1 unspecified atom stereocenters. The molecule has 1 atom stereocenters. The Balaban J connectivity index is 1.62. The number of fused-ring (bicyclic) bond motifs is 2. The second kappa shape index (κ2) is 7.59. The molecule has 0 amide bonds. The number of nitrogens with zero attached hydrogens (tertiary/aromatic N) is 4. The lowest BCUT2D eigenvalue weighted by atomic mass is 10.2. The van der Waals surface area contributed by atoms with Gasteiger partial charge in [0, 0.05) is 43.8 Å². The van der Waals surface area contributed by atoms with Crippen LogP contribution < -0.4 is 15.5 Å². The zero-order valence-corrected chi connectivity index (χ0v) is 17.0. The van der Waals surface area contributed by atoms with Crippen molar-refractivity contribution in [3.8, 4) is 0 Å². The van der Waals surface area contributed by atoms with Crippen molar-refractivity contribution in [2.24, 2.45) is 0 Å². The highest BCUT2D eigenvalue weighted by molar-refractivity contribution is 7.56. The van der Waals surface area contributed by atoms with Gasteiger partial charge in [0.2, 0.25) is 0 Å². The van der Waals surface area contributed by atoms with Crippen molar-refractivity contribution in [1.82, 2.24) is 14.7 Å². The Morgan fingerprint density at radius 3 is 2.56 bits per heavy atom. The highest BCUT2D eigenvalue weighted by Crippen LogP contribution is 2.38. The van der Waals surface area contributed by atoms with E-state index in [2.05, 4.69) is 58.5 Å². The average Bonchev–Trinajstić information content (AvgIpc) is 2.67. The number of piperazine rings is 1. The molecule has 4 nitrogen and oxygen atoms in total. The van der Waals surface area contributed by atoms with Gasteiger partial charge in [-0.1, -0.05) is 33.4 Å². The van der Waals surface area contributed by atoms with Crippen LogP contribution >= 0.6 is 8.58 Å². The average molecular weight is 384 g/mol. The molecule has 4 rings (SSSR count). The molecule has 2 aliphatic rings. The summed E-state index contributed by atoms with van der Waals surface area (Å²) in [4.78, 5) is 9.08. The zero-order valence-electron chi connectivity index (χ0n) is 16.0. The Kier molecular flexibility index (Phi) is 5.18. The molecule has 2 aromatic carbocycles. The van der Waals surface area contributed by atoms with Gasteiger partial charge in [0.05, 0.1) is 18.0 Å². The molecule has 2 aromatic rings. The van der Waals surface area contributed by atoms with Crippen LogP contribution in [0, 0.1) is 5.82 Å². The molecule has 0 aromatic heterocycles. The topological polar surface area (TPSA) is 13.0 Å². The minimum atomic E-state index is -0.211. The van der Waals surface area contributed by atoms with E-state index in [1.165, 1.54) is 5.30 Å². The zero-order chi connectivity index (χ0) is 19.0. The Bertz CT molecular complexity index is 848. The number of para-hydroxylation sites is 1. The summed E-state index contributed by atoms with van der Waals surface area (Å²) in [6.07, 6.45) is 0. The molecule has 2 heterocycles. The molecule has 0 aliphatic carbocycles. The normalized spacial score (nSPS) is 18.3. The van der Waals surface area contributed by atoms with E-state index < -0.39 is 0 Å². The van der Waals surface area contributed by atoms with E-state index in [0.29, 0.717) is 8.58 Å².